The van der Waals surface area contributed by atoms with Crippen molar-refractivity contribution in [1.29, 1.82) is 0 Å². The standard InChI is InChI=1S/C23H21N3O3S2/c1-2-3-9-14-25-17-13-8-7-12-16(17)18(21(25)28)19-22(29)26(23(30)31-19)24-20(27)15-10-5-4-6-11-15/h4-8,10-13H,2-3,9,14H2,1H3,(H,24,27)/b19-18-. The van der Waals surface area contributed by atoms with E-state index in [0.717, 1.165) is 47.3 Å². The maximum atomic E-state index is 13.3. The Hall–Kier alpha value is -2.97. The zero-order valence-electron chi connectivity index (χ0n) is 17.0. The van der Waals surface area contributed by atoms with Gasteiger partial charge in [0.25, 0.3) is 17.7 Å². The molecule has 0 saturated carbocycles. The number of benzene rings is 2. The minimum Gasteiger partial charge on any atom is -0.308 e. The Morgan fingerprint density at radius 3 is 2.45 bits per heavy atom. The van der Waals surface area contributed by atoms with E-state index in [2.05, 4.69) is 12.3 Å². The van der Waals surface area contributed by atoms with Crippen LogP contribution in [-0.2, 0) is 9.59 Å². The molecule has 158 valence electrons. The van der Waals surface area contributed by atoms with Crippen molar-refractivity contribution in [3.05, 3.63) is 70.6 Å². The number of carbonyl (C=O) groups is 3. The van der Waals surface area contributed by atoms with Gasteiger partial charge in [0.1, 0.15) is 0 Å². The van der Waals surface area contributed by atoms with Gasteiger partial charge >= 0.3 is 0 Å². The Kier molecular flexibility index (Phi) is 6.20. The van der Waals surface area contributed by atoms with Gasteiger partial charge in [0.15, 0.2) is 4.32 Å². The van der Waals surface area contributed by atoms with Gasteiger partial charge < -0.3 is 4.90 Å². The number of para-hydroxylation sites is 1. The van der Waals surface area contributed by atoms with Gasteiger partial charge in [0.05, 0.1) is 16.2 Å². The first-order valence-electron chi connectivity index (χ1n) is 10.1. The fraction of sp³-hybridized carbons (Fsp3) is 0.217. The van der Waals surface area contributed by atoms with Crippen molar-refractivity contribution < 1.29 is 14.4 Å². The number of thiocarbonyl (C=S) groups is 1. The SMILES string of the molecule is CCCCCN1C(=O)/C(=C2\SC(=S)N(NC(=O)c3ccccc3)C2=O)c2ccccc21. The smallest absolute Gasteiger partial charge is 0.286 e. The number of nitrogens with one attached hydrogen (secondary N) is 1. The van der Waals surface area contributed by atoms with Crippen LogP contribution in [0.4, 0.5) is 5.69 Å². The lowest BCUT2D eigenvalue weighted by Gasteiger charge is -2.17. The van der Waals surface area contributed by atoms with Crippen LogP contribution in [0.5, 0.6) is 0 Å². The number of hydrogen-bond acceptors (Lipinski definition) is 5. The van der Waals surface area contributed by atoms with Gasteiger partial charge in [0, 0.05) is 17.7 Å². The molecule has 1 fully saturated rings. The molecular formula is C23H21N3O3S2. The topological polar surface area (TPSA) is 69.7 Å². The molecule has 2 aromatic rings. The van der Waals surface area contributed by atoms with Gasteiger partial charge in [-0.05, 0) is 36.8 Å². The van der Waals surface area contributed by atoms with Crippen LogP contribution < -0.4 is 10.3 Å². The first kappa shape index (κ1) is 21.3. The normalized spacial score (nSPS) is 18.0. The minimum atomic E-state index is -0.493. The maximum absolute atomic E-state index is 13.3. The first-order chi connectivity index (χ1) is 15.0. The van der Waals surface area contributed by atoms with Gasteiger partial charge in [0.2, 0.25) is 0 Å². The highest BCUT2D eigenvalue weighted by Crippen LogP contribution is 2.44. The molecule has 2 aliphatic rings. The summed E-state index contributed by atoms with van der Waals surface area (Å²) < 4.78 is 0.187. The second-order valence-electron chi connectivity index (χ2n) is 7.20. The summed E-state index contributed by atoms with van der Waals surface area (Å²) in [5.74, 6) is -1.14. The van der Waals surface area contributed by atoms with Gasteiger partial charge in [-0.1, -0.05) is 67.9 Å². The third-order valence-corrected chi connectivity index (χ3v) is 6.53. The highest BCUT2D eigenvalue weighted by atomic mass is 32.2. The molecule has 3 amide bonds. The number of rotatable bonds is 6. The predicted molar refractivity (Wildman–Crippen MR) is 126 cm³/mol. The molecule has 4 rings (SSSR count). The van der Waals surface area contributed by atoms with Crippen molar-refractivity contribution >= 4 is 57.3 Å². The van der Waals surface area contributed by atoms with Crippen molar-refractivity contribution in [1.82, 2.24) is 10.4 Å². The molecule has 0 radical (unpaired) electrons. The Bertz CT molecular complexity index is 1100. The van der Waals surface area contributed by atoms with Crippen molar-refractivity contribution in [2.45, 2.75) is 26.2 Å². The number of unbranched alkanes of at least 4 members (excludes halogenated alkanes) is 2. The second-order valence-corrected chi connectivity index (χ2v) is 8.84. The van der Waals surface area contributed by atoms with Crippen LogP contribution in [0.2, 0.25) is 0 Å². The average molecular weight is 452 g/mol. The van der Waals surface area contributed by atoms with Gasteiger partial charge in [-0.25, -0.2) is 0 Å². The number of hydrazine groups is 1. The minimum absolute atomic E-state index is 0.187. The van der Waals surface area contributed by atoms with Crippen LogP contribution in [0, 0.1) is 0 Å². The molecule has 6 nitrogen and oxygen atoms in total. The lowest BCUT2D eigenvalue weighted by atomic mass is 10.1. The third-order valence-electron chi connectivity index (χ3n) is 5.15. The first-order valence-corrected chi connectivity index (χ1v) is 11.3. The molecule has 0 unspecified atom stereocenters. The van der Waals surface area contributed by atoms with Crippen molar-refractivity contribution in [3.8, 4) is 0 Å². The molecule has 2 heterocycles. The Balaban J connectivity index is 1.64. The highest BCUT2D eigenvalue weighted by molar-refractivity contribution is 8.26. The van der Waals surface area contributed by atoms with E-state index in [-0.39, 0.29) is 15.1 Å². The van der Waals surface area contributed by atoms with E-state index >= 15 is 0 Å². The fourth-order valence-electron chi connectivity index (χ4n) is 3.61. The summed E-state index contributed by atoms with van der Waals surface area (Å²) in [6, 6.07) is 16.0. The van der Waals surface area contributed by atoms with E-state index in [0.29, 0.717) is 17.7 Å². The molecular weight excluding hydrogens is 430 g/mol. The predicted octanol–water partition coefficient (Wildman–Crippen LogP) is 4.14. The zero-order valence-corrected chi connectivity index (χ0v) is 18.6. The molecule has 0 bridgehead atoms. The molecule has 0 aliphatic carbocycles. The number of amides is 3. The molecule has 1 N–H and O–H groups in total. The quantitative estimate of drug-likeness (QED) is 0.406. The largest absolute Gasteiger partial charge is 0.308 e. The summed E-state index contributed by atoms with van der Waals surface area (Å²) in [6.07, 6.45) is 2.96. The lowest BCUT2D eigenvalue weighted by Crippen LogP contribution is -2.45. The number of anilines is 1. The van der Waals surface area contributed by atoms with Gasteiger partial charge in [-0.3, -0.25) is 19.8 Å². The maximum Gasteiger partial charge on any atom is 0.286 e. The van der Waals surface area contributed by atoms with Crippen molar-refractivity contribution in [2.75, 3.05) is 11.4 Å². The van der Waals surface area contributed by atoms with E-state index in [1.54, 1.807) is 35.2 Å². The van der Waals surface area contributed by atoms with E-state index < -0.39 is 11.8 Å². The number of thioether (sulfide) groups is 1. The van der Waals surface area contributed by atoms with Crippen LogP contribution in [0.15, 0.2) is 59.5 Å². The molecule has 2 aromatic carbocycles. The van der Waals surface area contributed by atoms with E-state index in [9.17, 15) is 14.4 Å². The molecule has 2 aliphatic heterocycles. The molecule has 0 aromatic heterocycles. The van der Waals surface area contributed by atoms with Gasteiger partial charge in [-0.2, -0.15) is 5.01 Å². The van der Waals surface area contributed by atoms with Crippen LogP contribution >= 0.6 is 24.0 Å². The number of nitrogens with zero attached hydrogens (tertiary/aromatic N) is 2. The summed E-state index contributed by atoms with van der Waals surface area (Å²) >= 11 is 6.38. The zero-order chi connectivity index (χ0) is 22.0. The number of carbonyl (C=O) groups excluding carboxylic acids is 3. The van der Waals surface area contributed by atoms with E-state index in [4.69, 9.17) is 12.2 Å². The number of fused-ring (bicyclic) bond motifs is 1. The number of hydrogen-bond donors (Lipinski definition) is 1. The molecule has 0 spiro atoms. The third kappa shape index (κ3) is 4.00. The second kappa shape index (κ2) is 9.03. The summed E-state index contributed by atoms with van der Waals surface area (Å²) in [5.41, 5.74) is 4.85. The molecule has 0 atom stereocenters. The Morgan fingerprint density at radius 1 is 1.00 bits per heavy atom. The van der Waals surface area contributed by atoms with Crippen LogP contribution in [0.1, 0.15) is 42.1 Å². The Morgan fingerprint density at radius 2 is 1.71 bits per heavy atom. The monoisotopic (exact) mass is 451 g/mol. The summed E-state index contributed by atoms with van der Waals surface area (Å²) in [4.78, 5) is 41.0. The fourth-order valence-corrected chi connectivity index (χ4v) is 4.86. The molecule has 31 heavy (non-hydrogen) atoms. The summed E-state index contributed by atoms with van der Waals surface area (Å²) in [7, 11) is 0. The van der Waals surface area contributed by atoms with E-state index in [1.165, 1.54) is 0 Å². The van der Waals surface area contributed by atoms with Crippen molar-refractivity contribution in [3.63, 3.8) is 0 Å². The summed E-state index contributed by atoms with van der Waals surface area (Å²) in [5, 5.41) is 1.05. The van der Waals surface area contributed by atoms with E-state index in [1.807, 2.05) is 24.3 Å². The van der Waals surface area contributed by atoms with Crippen molar-refractivity contribution in [2.24, 2.45) is 0 Å². The summed E-state index contributed by atoms with van der Waals surface area (Å²) in [6.45, 7) is 2.71. The lowest BCUT2D eigenvalue weighted by molar-refractivity contribution is -0.124. The van der Waals surface area contributed by atoms with Crippen LogP contribution in [0.3, 0.4) is 0 Å². The molecule has 1 saturated heterocycles. The average Bonchev–Trinajstić information content (AvgIpc) is 3.22. The van der Waals surface area contributed by atoms with Crippen LogP contribution in [0.25, 0.3) is 5.57 Å². The highest BCUT2D eigenvalue weighted by Gasteiger charge is 2.42. The Labute approximate surface area is 190 Å². The van der Waals surface area contributed by atoms with Gasteiger partial charge in [-0.15, -0.1) is 0 Å². The van der Waals surface area contributed by atoms with Crippen LogP contribution in [-0.4, -0.2) is 33.6 Å². The molecule has 8 heteroatoms.